The van der Waals surface area contributed by atoms with E-state index in [1.54, 1.807) is 0 Å². The van der Waals surface area contributed by atoms with Gasteiger partial charge in [-0.25, -0.2) is 4.79 Å². The molecule has 0 aromatic rings. The number of carbonyl (C=O) groups is 1. The Hall–Kier alpha value is -0.770. The zero-order valence-electron chi connectivity index (χ0n) is 11.4. The van der Waals surface area contributed by atoms with Gasteiger partial charge in [-0.2, -0.15) is 0 Å². The van der Waals surface area contributed by atoms with Gasteiger partial charge < -0.3 is 15.1 Å². The predicted octanol–water partition coefficient (Wildman–Crippen LogP) is 1.52. The van der Waals surface area contributed by atoms with Crippen LogP contribution < -0.4 is 5.32 Å². The Morgan fingerprint density at radius 2 is 2.06 bits per heavy atom. The van der Waals surface area contributed by atoms with E-state index in [0.717, 1.165) is 32.1 Å². The molecule has 0 bridgehead atoms. The minimum atomic E-state index is 0.263. The largest absolute Gasteiger partial charge is 0.323 e. The van der Waals surface area contributed by atoms with Crippen molar-refractivity contribution < 1.29 is 4.79 Å². The van der Waals surface area contributed by atoms with Gasteiger partial charge in [-0.1, -0.05) is 12.8 Å². The van der Waals surface area contributed by atoms with E-state index < -0.39 is 0 Å². The van der Waals surface area contributed by atoms with E-state index in [2.05, 4.69) is 10.2 Å². The van der Waals surface area contributed by atoms with Gasteiger partial charge in [0.1, 0.15) is 0 Å². The average molecular weight is 251 g/mol. The molecule has 3 aliphatic rings. The van der Waals surface area contributed by atoms with Crippen LogP contribution >= 0.6 is 0 Å². The molecule has 4 heteroatoms. The summed E-state index contributed by atoms with van der Waals surface area (Å²) in [6.45, 7) is 4.13. The highest BCUT2D eigenvalue weighted by molar-refractivity contribution is 5.77. The van der Waals surface area contributed by atoms with Crippen molar-refractivity contribution in [2.45, 2.75) is 38.1 Å². The molecule has 2 aliphatic heterocycles. The molecule has 0 aromatic carbocycles. The van der Waals surface area contributed by atoms with Crippen LogP contribution in [0.5, 0.6) is 0 Å². The Bertz CT molecular complexity index is 308. The minimum absolute atomic E-state index is 0.263. The van der Waals surface area contributed by atoms with Crippen molar-refractivity contribution in [3.05, 3.63) is 0 Å². The number of hydrogen-bond donors (Lipinski definition) is 1. The van der Waals surface area contributed by atoms with Crippen LogP contribution in [-0.2, 0) is 0 Å². The third-order valence-electron chi connectivity index (χ3n) is 5.06. The standard InChI is InChI=1S/C14H25N3O/c1-16-13(12-4-2-3-5-12)10-17(14(16)18)9-11-6-7-15-8-11/h11-13,15H,2-10H2,1H3. The van der Waals surface area contributed by atoms with Crippen LogP contribution in [0.25, 0.3) is 0 Å². The fraction of sp³-hybridized carbons (Fsp3) is 0.929. The number of amides is 2. The van der Waals surface area contributed by atoms with Gasteiger partial charge in [-0.3, -0.25) is 0 Å². The number of nitrogens with zero attached hydrogens (tertiary/aromatic N) is 2. The number of nitrogens with one attached hydrogen (secondary N) is 1. The summed E-state index contributed by atoms with van der Waals surface area (Å²) in [5.74, 6) is 1.43. The van der Waals surface area contributed by atoms with E-state index in [1.807, 2.05) is 11.9 Å². The van der Waals surface area contributed by atoms with Crippen molar-refractivity contribution in [3.63, 3.8) is 0 Å². The number of rotatable bonds is 3. The lowest BCUT2D eigenvalue weighted by Crippen LogP contribution is -2.35. The number of urea groups is 1. The number of hydrogen-bond acceptors (Lipinski definition) is 2. The Morgan fingerprint density at radius 3 is 2.72 bits per heavy atom. The normalized spacial score (nSPS) is 33.9. The third-order valence-corrected chi connectivity index (χ3v) is 5.06. The molecule has 0 radical (unpaired) electrons. The summed E-state index contributed by atoms with van der Waals surface area (Å²) in [4.78, 5) is 16.4. The molecule has 2 saturated heterocycles. The number of carbonyl (C=O) groups excluding carboxylic acids is 1. The van der Waals surface area contributed by atoms with Gasteiger partial charge in [0.2, 0.25) is 0 Å². The topological polar surface area (TPSA) is 35.6 Å². The van der Waals surface area contributed by atoms with Gasteiger partial charge in [-0.05, 0) is 44.2 Å². The Balaban J connectivity index is 1.60. The van der Waals surface area contributed by atoms with Crippen LogP contribution in [0.2, 0.25) is 0 Å². The second-order valence-electron chi connectivity index (χ2n) is 6.27. The fourth-order valence-corrected chi connectivity index (χ4v) is 3.93. The van der Waals surface area contributed by atoms with E-state index in [-0.39, 0.29) is 6.03 Å². The van der Waals surface area contributed by atoms with Crippen LogP contribution in [-0.4, -0.2) is 55.1 Å². The summed E-state index contributed by atoms with van der Waals surface area (Å²) in [5, 5.41) is 3.39. The minimum Gasteiger partial charge on any atom is -0.323 e. The van der Waals surface area contributed by atoms with Gasteiger partial charge in [0.25, 0.3) is 0 Å². The van der Waals surface area contributed by atoms with Gasteiger partial charge in [-0.15, -0.1) is 0 Å². The van der Waals surface area contributed by atoms with Gasteiger partial charge in [0, 0.05) is 20.1 Å². The first-order valence-corrected chi connectivity index (χ1v) is 7.48. The van der Waals surface area contributed by atoms with Gasteiger partial charge >= 0.3 is 6.03 Å². The Labute approximate surface area is 110 Å². The fourth-order valence-electron chi connectivity index (χ4n) is 3.93. The summed E-state index contributed by atoms with van der Waals surface area (Å²) in [6.07, 6.45) is 6.58. The molecule has 18 heavy (non-hydrogen) atoms. The molecule has 0 spiro atoms. The van der Waals surface area contributed by atoms with Crippen LogP contribution in [0, 0.1) is 11.8 Å². The van der Waals surface area contributed by atoms with Crippen molar-refractivity contribution >= 4 is 6.03 Å². The van der Waals surface area contributed by atoms with Crippen molar-refractivity contribution in [1.82, 2.24) is 15.1 Å². The van der Waals surface area contributed by atoms with Crippen molar-refractivity contribution in [2.24, 2.45) is 11.8 Å². The second-order valence-corrected chi connectivity index (χ2v) is 6.27. The first-order chi connectivity index (χ1) is 8.75. The van der Waals surface area contributed by atoms with E-state index in [0.29, 0.717) is 12.0 Å². The van der Waals surface area contributed by atoms with E-state index in [1.165, 1.54) is 32.1 Å². The summed E-state index contributed by atoms with van der Waals surface area (Å²) in [6, 6.07) is 0.744. The maximum Gasteiger partial charge on any atom is 0.320 e. The molecular weight excluding hydrogens is 226 g/mol. The Morgan fingerprint density at radius 1 is 1.28 bits per heavy atom. The second kappa shape index (κ2) is 5.08. The highest BCUT2D eigenvalue weighted by Gasteiger charge is 2.40. The zero-order valence-corrected chi connectivity index (χ0v) is 11.4. The van der Waals surface area contributed by atoms with Crippen molar-refractivity contribution in [1.29, 1.82) is 0 Å². The van der Waals surface area contributed by atoms with Gasteiger partial charge in [0.15, 0.2) is 0 Å². The molecule has 4 nitrogen and oxygen atoms in total. The molecule has 0 aromatic heterocycles. The first-order valence-electron chi connectivity index (χ1n) is 7.48. The molecule has 1 N–H and O–H groups in total. The molecule has 1 aliphatic carbocycles. The quantitative estimate of drug-likeness (QED) is 0.825. The third kappa shape index (κ3) is 2.22. The van der Waals surface area contributed by atoms with Crippen LogP contribution in [0.4, 0.5) is 4.79 Å². The summed E-state index contributed by atoms with van der Waals surface area (Å²) >= 11 is 0. The van der Waals surface area contributed by atoms with Crippen molar-refractivity contribution in [3.8, 4) is 0 Å². The summed E-state index contributed by atoms with van der Waals surface area (Å²) in [5.41, 5.74) is 0. The van der Waals surface area contributed by atoms with E-state index in [4.69, 9.17) is 0 Å². The molecule has 3 fully saturated rings. The van der Waals surface area contributed by atoms with Crippen LogP contribution in [0.15, 0.2) is 0 Å². The zero-order chi connectivity index (χ0) is 12.5. The first kappa shape index (κ1) is 12.3. The molecule has 2 unspecified atom stereocenters. The molecule has 2 heterocycles. The average Bonchev–Trinajstić information content (AvgIpc) is 3.07. The monoisotopic (exact) mass is 251 g/mol. The lowest BCUT2D eigenvalue weighted by Gasteiger charge is -2.23. The predicted molar refractivity (Wildman–Crippen MR) is 71.5 cm³/mol. The van der Waals surface area contributed by atoms with E-state index in [9.17, 15) is 4.79 Å². The lowest BCUT2D eigenvalue weighted by molar-refractivity contribution is 0.186. The van der Waals surface area contributed by atoms with Crippen LogP contribution in [0.1, 0.15) is 32.1 Å². The molecule has 2 amide bonds. The maximum absolute atomic E-state index is 12.3. The van der Waals surface area contributed by atoms with E-state index >= 15 is 0 Å². The summed E-state index contributed by atoms with van der Waals surface area (Å²) < 4.78 is 0. The molecule has 102 valence electrons. The maximum atomic E-state index is 12.3. The molecule has 2 atom stereocenters. The smallest absolute Gasteiger partial charge is 0.320 e. The highest BCUT2D eigenvalue weighted by atomic mass is 16.2. The Kier molecular flexibility index (Phi) is 3.46. The van der Waals surface area contributed by atoms with Crippen LogP contribution in [0.3, 0.4) is 0 Å². The molecule has 3 rings (SSSR count). The molecule has 1 saturated carbocycles. The number of likely N-dealkylation sites (N-methyl/N-ethyl adjacent to an activating group) is 1. The SMILES string of the molecule is CN1C(=O)N(CC2CCNC2)CC1C1CCCC1. The van der Waals surface area contributed by atoms with Gasteiger partial charge in [0.05, 0.1) is 6.04 Å². The highest BCUT2D eigenvalue weighted by Crippen LogP contribution is 2.33. The van der Waals surface area contributed by atoms with Crippen molar-refractivity contribution in [2.75, 3.05) is 33.2 Å². The lowest BCUT2D eigenvalue weighted by atomic mass is 9.98. The summed E-state index contributed by atoms with van der Waals surface area (Å²) in [7, 11) is 2.00. The molecular formula is C14H25N3O.